The van der Waals surface area contributed by atoms with Crippen molar-refractivity contribution in [1.29, 1.82) is 0 Å². The van der Waals surface area contributed by atoms with Crippen molar-refractivity contribution in [3.8, 4) is 0 Å². The molecule has 0 radical (unpaired) electrons. The Morgan fingerprint density at radius 3 is 2.73 bits per heavy atom. The fourth-order valence-electron chi connectivity index (χ4n) is 1.03. The smallest absolute Gasteiger partial charge is 0.0438 e. The Bertz CT molecular complexity index is 245. The van der Waals surface area contributed by atoms with Gasteiger partial charge in [-0.3, -0.25) is 0 Å². The topological polar surface area (TPSA) is 26.0 Å². The molecule has 0 aliphatic rings. The molecule has 0 saturated heterocycles. The Balaban J connectivity index is 3.02. The molecule has 60 valence electrons. The van der Waals surface area contributed by atoms with Gasteiger partial charge in [0.05, 0.1) is 0 Å². The van der Waals surface area contributed by atoms with Crippen molar-refractivity contribution in [2.24, 2.45) is 5.73 Å². The first kappa shape index (κ1) is 8.57. The Kier molecular flexibility index (Phi) is 2.92. The van der Waals surface area contributed by atoms with Crippen LogP contribution in [0.4, 0.5) is 0 Å². The highest BCUT2D eigenvalue weighted by atomic mass is 35.5. The van der Waals surface area contributed by atoms with Crippen molar-refractivity contribution in [2.45, 2.75) is 19.9 Å². The molecule has 0 aliphatic heterocycles. The summed E-state index contributed by atoms with van der Waals surface area (Å²) in [5.74, 6) is 0. The molecular formula is C9H12ClN. The Hall–Kier alpha value is -0.530. The average Bonchev–Trinajstić information content (AvgIpc) is 2.05. The third-order valence-corrected chi connectivity index (χ3v) is 2.10. The summed E-state index contributed by atoms with van der Waals surface area (Å²) in [7, 11) is 0. The molecule has 0 bridgehead atoms. The van der Waals surface area contributed by atoms with Gasteiger partial charge in [-0.25, -0.2) is 0 Å². The first-order valence-corrected chi connectivity index (χ1v) is 4.13. The molecule has 2 N–H and O–H groups in total. The van der Waals surface area contributed by atoms with E-state index in [0.717, 1.165) is 17.0 Å². The largest absolute Gasteiger partial charge is 0.326 e. The van der Waals surface area contributed by atoms with Gasteiger partial charge in [-0.05, 0) is 23.6 Å². The van der Waals surface area contributed by atoms with Crippen LogP contribution in [0.3, 0.4) is 0 Å². The second-order valence-corrected chi connectivity index (χ2v) is 2.89. The maximum absolute atomic E-state index is 5.91. The maximum Gasteiger partial charge on any atom is 0.0438 e. The van der Waals surface area contributed by atoms with Gasteiger partial charge >= 0.3 is 0 Å². The normalized spacial score (nSPS) is 10.1. The van der Waals surface area contributed by atoms with Crippen LogP contribution in [-0.4, -0.2) is 0 Å². The number of hydrogen-bond donors (Lipinski definition) is 1. The highest BCUT2D eigenvalue weighted by Gasteiger charge is 1.97. The summed E-state index contributed by atoms with van der Waals surface area (Å²) in [6.45, 7) is 2.67. The molecular weight excluding hydrogens is 158 g/mol. The highest BCUT2D eigenvalue weighted by molar-refractivity contribution is 6.31. The molecule has 0 aliphatic carbocycles. The lowest BCUT2D eigenvalue weighted by molar-refractivity contribution is 1.05. The third-order valence-electron chi connectivity index (χ3n) is 1.73. The Morgan fingerprint density at radius 2 is 2.18 bits per heavy atom. The molecule has 1 aromatic carbocycles. The van der Waals surface area contributed by atoms with Gasteiger partial charge in [-0.2, -0.15) is 0 Å². The standard InChI is InChI=1S/C9H12ClN/c1-2-8-5-7(6-11)3-4-9(8)10/h3-5H,2,6,11H2,1H3. The summed E-state index contributed by atoms with van der Waals surface area (Å²) >= 11 is 5.91. The van der Waals surface area contributed by atoms with Crippen molar-refractivity contribution < 1.29 is 0 Å². The van der Waals surface area contributed by atoms with Crippen LogP contribution >= 0.6 is 11.6 Å². The quantitative estimate of drug-likeness (QED) is 0.723. The van der Waals surface area contributed by atoms with E-state index >= 15 is 0 Å². The van der Waals surface area contributed by atoms with E-state index in [9.17, 15) is 0 Å². The first-order valence-electron chi connectivity index (χ1n) is 3.75. The van der Waals surface area contributed by atoms with E-state index < -0.39 is 0 Å². The number of rotatable bonds is 2. The summed E-state index contributed by atoms with van der Waals surface area (Å²) in [6.07, 6.45) is 0.965. The van der Waals surface area contributed by atoms with E-state index in [0.29, 0.717) is 6.54 Å². The van der Waals surface area contributed by atoms with E-state index in [-0.39, 0.29) is 0 Å². The highest BCUT2D eigenvalue weighted by Crippen LogP contribution is 2.17. The van der Waals surface area contributed by atoms with E-state index in [2.05, 4.69) is 13.0 Å². The summed E-state index contributed by atoms with van der Waals surface area (Å²) in [6, 6.07) is 5.92. The Morgan fingerprint density at radius 1 is 1.45 bits per heavy atom. The molecule has 2 heteroatoms. The number of nitrogens with two attached hydrogens (primary N) is 1. The van der Waals surface area contributed by atoms with Gasteiger partial charge in [0.15, 0.2) is 0 Å². The molecule has 1 rings (SSSR count). The van der Waals surface area contributed by atoms with Gasteiger partial charge in [0, 0.05) is 11.6 Å². The molecule has 0 amide bonds. The van der Waals surface area contributed by atoms with Gasteiger partial charge in [-0.1, -0.05) is 30.7 Å². The SMILES string of the molecule is CCc1cc(CN)ccc1Cl. The van der Waals surface area contributed by atoms with Crippen LogP contribution in [0.15, 0.2) is 18.2 Å². The van der Waals surface area contributed by atoms with Gasteiger partial charge in [0.2, 0.25) is 0 Å². The van der Waals surface area contributed by atoms with Crippen molar-refractivity contribution in [3.63, 3.8) is 0 Å². The van der Waals surface area contributed by atoms with Crippen LogP contribution in [0.1, 0.15) is 18.1 Å². The Labute approximate surface area is 72.2 Å². The van der Waals surface area contributed by atoms with Crippen LogP contribution in [0, 0.1) is 0 Å². The minimum atomic E-state index is 0.587. The summed E-state index contributed by atoms with van der Waals surface area (Å²) in [4.78, 5) is 0. The minimum Gasteiger partial charge on any atom is -0.326 e. The molecule has 0 saturated carbocycles. The molecule has 1 aromatic rings. The predicted octanol–water partition coefficient (Wildman–Crippen LogP) is 2.36. The van der Waals surface area contributed by atoms with Crippen molar-refractivity contribution >= 4 is 11.6 Å². The van der Waals surface area contributed by atoms with E-state index in [1.165, 1.54) is 5.56 Å². The lowest BCUT2D eigenvalue weighted by Gasteiger charge is -2.02. The zero-order chi connectivity index (χ0) is 8.27. The summed E-state index contributed by atoms with van der Waals surface area (Å²) < 4.78 is 0. The molecule has 0 heterocycles. The molecule has 0 spiro atoms. The second kappa shape index (κ2) is 3.74. The van der Waals surface area contributed by atoms with Crippen LogP contribution in [0.25, 0.3) is 0 Å². The molecule has 0 atom stereocenters. The van der Waals surface area contributed by atoms with Gasteiger partial charge in [0.1, 0.15) is 0 Å². The van der Waals surface area contributed by atoms with E-state index in [1.807, 2.05) is 12.1 Å². The van der Waals surface area contributed by atoms with Crippen LogP contribution in [0.5, 0.6) is 0 Å². The van der Waals surface area contributed by atoms with Gasteiger partial charge in [0.25, 0.3) is 0 Å². The number of halogens is 1. The number of benzene rings is 1. The van der Waals surface area contributed by atoms with Crippen molar-refractivity contribution in [3.05, 3.63) is 34.3 Å². The summed E-state index contributed by atoms with van der Waals surface area (Å²) in [5.41, 5.74) is 7.80. The number of aryl methyl sites for hydroxylation is 1. The summed E-state index contributed by atoms with van der Waals surface area (Å²) in [5, 5.41) is 0.838. The second-order valence-electron chi connectivity index (χ2n) is 2.48. The fourth-order valence-corrected chi connectivity index (χ4v) is 1.28. The van der Waals surface area contributed by atoms with Crippen LogP contribution in [0.2, 0.25) is 5.02 Å². The van der Waals surface area contributed by atoms with Crippen molar-refractivity contribution in [1.82, 2.24) is 0 Å². The van der Waals surface area contributed by atoms with Gasteiger partial charge < -0.3 is 5.73 Å². The van der Waals surface area contributed by atoms with E-state index in [1.54, 1.807) is 0 Å². The fraction of sp³-hybridized carbons (Fsp3) is 0.333. The first-order chi connectivity index (χ1) is 5.27. The molecule has 0 aromatic heterocycles. The monoisotopic (exact) mass is 169 g/mol. The number of hydrogen-bond acceptors (Lipinski definition) is 1. The van der Waals surface area contributed by atoms with Crippen molar-refractivity contribution in [2.75, 3.05) is 0 Å². The van der Waals surface area contributed by atoms with Crippen LogP contribution < -0.4 is 5.73 Å². The minimum absolute atomic E-state index is 0.587. The molecule has 11 heavy (non-hydrogen) atoms. The maximum atomic E-state index is 5.91. The predicted molar refractivity (Wildman–Crippen MR) is 48.7 cm³/mol. The lowest BCUT2D eigenvalue weighted by Crippen LogP contribution is -1.97. The van der Waals surface area contributed by atoms with Gasteiger partial charge in [-0.15, -0.1) is 0 Å². The molecule has 0 unspecified atom stereocenters. The molecule has 1 nitrogen and oxygen atoms in total. The zero-order valence-corrected chi connectivity index (χ0v) is 7.36. The van der Waals surface area contributed by atoms with Crippen LogP contribution in [-0.2, 0) is 13.0 Å². The van der Waals surface area contributed by atoms with E-state index in [4.69, 9.17) is 17.3 Å². The third kappa shape index (κ3) is 1.95. The molecule has 0 fully saturated rings. The lowest BCUT2D eigenvalue weighted by atomic mass is 10.1. The average molecular weight is 170 g/mol. The zero-order valence-electron chi connectivity index (χ0n) is 6.60.